The number of ether oxygens (including phenoxy) is 2. The summed E-state index contributed by atoms with van der Waals surface area (Å²) in [4.78, 5) is 24.9. The van der Waals surface area contributed by atoms with Gasteiger partial charge in [-0.05, 0) is 24.6 Å². The molecule has 140 valence electrons. The number of morpholine rings is 1. The summed E-state index contributed by atoms with van der Waals surface area (Å²) in [5, 5.41) is 3.72. The Morgan fingerprint density at radius 2 is 2.08 bits per heavy atom. The van der Waals surface area contributed by atoms with E-state index in [4.69, 9.17) is 13.9 Å². The van der Waals surface area contributed by atoms with Crippen LogP contribution in [0.25, 0.3) is 11.0 Å². The highest BCUT2D eigenvalue weighted by Crippen LogP contribution is 2.22. The Morgan fingerprint density at radius 1 is 1.27 bits per heavy atom. The summed E-state index contributed by atoms with van der Waals surface area (Å²) >= 11 is 0. The lowest BCUT2D eigenvalue weighted by Crippen LogP contribution is -3.14. The average Bonchev–Trinajstić information content (AvgIpc) is 2.64. The predicted octanol–water partition coefficient (Wildman–Crippen LogP) is -0.0984. The molecule has 1 aromatic carbocycles. The first-order valence-corrected chi connectivity index (χ1v) is 8.97. The Hall–Kier alpha value is -2.38. The number of amides is 1. The van der Waals surface area contributed by atoms with Gasteiger partial charge in [0, 0.05) is 30.5 Å². The number of nitrogens with one attached hydrogen (secondary N) is 2. The topological polar surface area (TPSA) is 82.2 Å². The molecule has 0 spiro atoms. The van der Waals surface area contributed by atoms with Crippen molar-refractivity contribution in [2.24, 2.45) is 0 Å². The van der Waals surface area contributed by atoms with Gasteiger partial charge >= 0.3 is 5.63 Å². The number of quaternary nitrogens is 1. The van der Waals surface area contributed by atoms with Crippen LogP contribution in [0.15, 0.2) is 33.5 Å². The van der Waals surface area contributed by atoms with Gasteiger partial charge in [0.2, 0.25) is 0 Å². The fourth-order valence-corrected chi connectivity index (χ4v) is 3.07. The lowest BCUT2D eigenvalue weighted by Gasteiger charge is -2.23. The second-order valence-electron chi connectivity index (χ2n) is 6.51. The second-order valence-corrected chi connectivity index (χ2v) is 6.51. The Bertz CT molecular complexity index is 811. The maximum Gasteiger partial charge on any atom is 0.336 e. The van der Waals surface area contributed by atoms with Crippen molar-refractivity contribution >= 4 is 16.9 Å². The number of hydrogen-bond donors (Lipinski definition) is 2. The highest BCUT2D eigenvalue weighted by Gasteiger charge is 2.13. The van der Waals surface area contributed by atoms with E-state index in [2.05, 4.69) is 5.32 Å². The van der Waals surface area contributed by atoms with Gasteiger partial charge in [0.05, 0.1) is 19.8 Å². The number of rotatable bonds is 7. The van der Waals surface area contributed by atoms with Crippen molar-refractivity contribution in [2.75, 3.05) is 46.0 Å². The minimum atomic E-state index is -0.396. The Labute approximate surface area is 151 Å². The van der Waals surface area contributed by atoms with Crippen LogP contribution in [-0.4, -0.2) is 51.9 Å². The third-order valence-electron chi connectivity index (χ3n) is 4.52. The van der Waals surface area contributed by atoms with Crippen LogP contribution >= 0.6 is 0 Å². The number of fused-ring (bicyclic) bond motifs is 1. The first-order chi connectivity index (χ1) is 12.6. The fourth-order valence-electron chi connectivity index (χ4n) is 3.07. The number of benzene rings is 1. The molecule has 1 fully saturated rings. The number of carbonyl (C=O) groups excluding carboxylic acids is 1. The molecular weight excluding hydrogens is 336 g/mol. The summed E-state index contributed by atoms with van der Waals surface area (Å²) in [6, 6.07) is 6.68. The van der Waals surface area contributed by atoms with Crippen LogP contribution in [0.5, 0.6) is 5.75 Å². The lowest BCUT2D eigenvalue weighted by molar-refractivity contribution is -0.908. The van der Waals surface area contributed by atoms with Gasteiger partial charge in [-0.3, -0.25) is 4.79 Å². The number of aryl methyl sites for hydroxylation is 1. The maximum absolute atomic E-state index is 11.9. The van der Waals surface area contributed by atoms with Crippen molar-refractivity contribution in [3.05, 3.63) is 40.2 Å². The third-order valence-corrected chi connectivity index (χ3v) is 4.52. The molecule has 26 heavy (non-hydrogen) atoms. The molecule has 1 aliphatic heterocycles. The van der Waals surface area contributed by atoms with E-state index in [-0.39, 0.29) is 12.5 Å². The molecule has 0 radical (unpaired) electrons. The molecule has 2 aromatic rings. The van der Waals surface area contributed by atoms with Crippen molar-refractivity contribution in [3.63, 3.8) is 0 Å². The zero-order valence-corrected chi connectivity index (χ0v) is 15.0. The van der Waals surface area contributed by atoms with Crippen molar-refractivity contribution < 1.29 is 23.6 Å². The summed E-state index contributed by atoms with van der Waals surface area (Å²) in [5.74, 6) is 0.340. The molecule has 1 saturated heterocycles. The van der Waals surface area contributed by atoms with Crippen molar-refractivity contribution in [3.8, 4) is 5.75 Å². The van der Waals surface area contributed by atoms with E-state index in [1.807, 2.05) is 13.0 Å². The van der Waals surface area contributed by atoms with Crippen LogP contribution in [0.1, 0.15) is 12.0 Å². The molecule has 1 aromatic heterocycles. The van der Waals surface area contributed by atoms with E-state index in [0.29, 0.717) is 17.9 Å². The molecule has 2 N–H and O–H groups in total. The van der Waals surface area contributed by atoms with Gasteiger partial charge in [0.15, 0.2) is 6.61 Å². The summed E-state index contributed by atoms with van der Waals surface area (Å²) < 4.78 is 16.0. The van der Waals surface area contributed by atoms with Crippen molar-refractivity contribution in [1.82, 2.24) is 5.32 Å². The van der Waals surface area contributed by atoms with E-state index >= 15 is 0 Å². The molecular formula is C19H25N2O5+. The highest BCUT2D eigenvalue weighted by molar-refractivity contribution is 5.81. The van der Waals surface area contributed by atoms with Crippen LogP contribution in [0.2, 0.25) is 0 Å². The quantitative estimate of drug-likeness (QED) is 0.532. The van der Waals surface area contributed by atoms with E-state index in [0.717, 1.165) is 50.2 Å². The SMILES string of the molecule is Cc1cc(=O)oc2cc(OCC(=O)NCCC[NH+]3CCOCC3)ccc12. The van der Waals surface area contributed by atoms with Crippen molar-refractivity contribution in [2.45, 2.75) is 13.3 Å². The van der Waals surface area contributed by atoms with E-state index in [9.17, 15) is 9.59 Å². The maximum atomic E-state index is 11.9. The molecule has 3 rings (SSSR count). The lowest BCUT2D eigenvalue weighted by atomic mass is 10.1. The fraction of sp³-hybridized carbons (Fsp3) is 0.474. The molecule has 7 heteroatoms. The van der Waals surface area contributed by atoms with Crippen LogP contribution in [-0.2, 0) is 9.53 Å². The summed E-state index contributed by atoms with van der Waals surface area (Å²) in [6.07, 6.45) is 0.932. The van der Waals surface area contributed by atoms with Gasteiger partial charge in [-0.15, -0.1) is 0 Å². The van der Waals surface area contributed by atoms with Crippen LogP contribution in [0.4, 0.5) is 0 Å². The zero-order chi connectivity index (χ0) is 18.4. The highest BCUT2D eigenvalue weighted by atomic mass is 16.5. The molecule has 0 bridgehead atoms. The smallest absolute Gasteiger partial charge is 0.336 e. The Kier molecular flexibility index (Phi) is 6.25. The minimum Gasteiger partial charge on any atom is -0.484 e. The zero-order valence-electron chi connectivity index (χ0n) is 15.0. The molecule has 0 atom stereocenters. The normalized spacial score (nSPS) is 15.1. The first kappa shape index (κ1) is 18.4. The summed E-state index contributed by atoms with van der Waals surface area (Å²) in [5.41, 5.74) is 0.914. The number of hydrogen-bond acceptors (Lipinski definition) is 5. The molecule has 2 heterocycles. The van der Waals surface area contributed by atoms with Gasteiger partial charge in [0.25, 0.3) is 5.91 Å². The van der Waals surface area contributed by atoms with Crippen LogP contribution < -0.4 is 20.6 Å². The van der Waals surface area contributed by atoms with Gasteiger partial charge in [0.1, 0.15) is 24.4 Å². The van der Waals surface area contributed by atoms with E-state index < -0.39 is 5.63 Å². The van der Waals surface area contributed by atoms with Crippen LogP contribution in [0.3, 0.4) is 0 Å². The second kappa shape index (κ2) is 8.82. The van der Waals surface area contributed by atoms with Gasteiger partial charge in [-0.2, -0.15) is 0 Å². The molecule has 1 aliphatic rings. The summed E-state index contributed by atoms with van der Waals surface area (Å²) in [6.45, 7) is 7.18. The monoisotopic (exact) mass is 361 g/mol. The standard InChI is InChI=1S/C19H24N2O5/c1-14-11-19(23)26-17-12-15(3-4-16(14)17)25-13-18(22)20-5-2-6-21-7-9-24-10-8-21/h3-4,11-12H,2,5-10,13H2,1H3,(H,20,22)/p+1. The summed E-state index contributed by atoms with van der Waals surface area (Å²) in [7, 11) is 0. The average molecular weight is 361 g/mol. The predicted molar refractivity (Wildman–Crippen MR) is 96.7 cm³/mol. The molecule has 1 amide bonds. The first-order valence-electron chi connectivity index (χ1n) is 8.97. The van der Waals surface area contributed by atoms with Crippen LogP contribution in [0, 0.1) is 6.92 Å². The van der Waals surface area contributed by atoms with Crippen molar-refractivity contribution in [1.29, 1.82) is 0 Å². The molecule has 0 aliphatic carbocycles. The Balaban J connectivity index is 1.42. The van der Waals surface area contributed by atoms with Gasteiger partial charge < -0.3 is 24.1 Å². The van der Waals surface area contributed by atoms with Gasteiger partial charge in [-0.25, -0.2) is 4.79 Å². The molecule has 0 saturated carbocycles. The third kappa shape index (κ3) is 5.06. The molecule has 7 nitrogen and oxygen atoms in total. The number of carbonyl (C=O) groups is 1. The van der Waals surface area contributed by atoms with E-state index in [1.54, 1.807) is 12.1 Å². The largest absolute Gasteiger partial charge is 0.484 e. The molecule has 0 unspecified atom stereocenters. The Morgan fingerprint density at radius 3 is 2.88 bits per heavy atom. The van der Waals surface area contributed by atoms with E-state index in [1.165, 1.54) is 11.0 Å². The van der Waals surface area contributed by atoms with Gasteiger partial charge in [-0.1, -0.05) is 0 Å². The minimum absolute atomic E-state index is 0.0635.